The Bertz CT molecular complexity index is 316. The topological polar surface area (TPSA) is 57.6 Å². The number of likely N-dealkylation sites (tertiary alicyclic amines) is 1. The molecule has 17 heavy (non-hydrogen) atoms. The Morgan fingerprint density at radius 1 is 1.24 bits per heavy atom. The summed E-state index contributed by atoms with van der Waals surface area (Å²) in [4.78, 5) is 25.4. The number of ketones is 1. The summed E-state index contributed by atoms with van der Waals surface area (Å²) >= 11 is 0. The summed E-state index contributed by atoms with van der Waals surface area (Å²) in [6.45, 7) is 0.384. The minimum atomic E-state index is -0.956. The highest BCUT2D eigenvalue weighted by molar-refractivity contribution is 6.00. The van der Waals surface area contributed by atoms with E-state index in [2.05, 4.69) is 4.90 Å². The van der Waals surface area contributed by atoms with Gasteiger partial charge < -0.3 is 10.0 Å². The molecule has 0 amide bonds. The van der Waals surface area contributed by atoms with Crippen molar-refractivity contribution in [1.29, 1.82) is 0 Å². The van der Waals surface area contributed by atoms with Crippen LogP contribution in [0.4, 0.5) is 0 Å². The molecule has 3 unspecified atom stereocenters. The number of hydrogen-bond donors (Lipinski definition) is 1. The standard InChI is InChI=1S/C13H21NO3/c1-14-8-10(13(16)17)12(15)9-6-4-2-3-5-7-11(9)14/h9-11H,2-8H2,1H3,(H,16,17). The lowest BCUT2D eigenvalue weighted by atomic mass is 9.76. The van der Waals surface area contributed by atoms with Crippen LogP contribution in [0, 0.1) is 11.8 Å². The lowest BCUT2D eigenvalue weighted by Crippen LogP contribution is -2.54. The van der Waals surface area contributed by atoms with Gasteiger partial charge >= 0.3 is 5.97 Å². The fourth-order valence-corrected chi connectivity index (χ4v) is 3.30. The first-order valence-corrected chi connectivity index (χ1v) is 6.58. The van der Waals surface area contributed by atoms with E-state index in [1.165, 1.54) is 12.8 Å². The molecule has 4 heteroatoms. The third-order valence-corrected chi connectivity index (χ3v) is 4.27. The molecule has 0 aromatic heterocycles. The minimum absolute atomic E-state index is 0.0255. The quantitative estimate of drug-likeness (QED) is 0.705. The Kier molecular flexibility index (Phi) is 3.82. The predicted molar refractivity (Wildman–Crippen MR) is 63.7 cm³/mol. The first-order chi connectivity index (χ1) is 8.11. The molecule has 2 aliphatic rings. The van der Waals surface area contributed by atoms with Crippen LogP contribution in [0.2, 0.25) is 0 Å². The Balaban J connectivity index is 2.16. The van der Waals surface area contributed by atoms with Gasteiger partial charge in [-0.15, -0.1) is 0 Å². The van der Waals surface area contributed by atoms with Gasteiger partial charge in [-0.25, -0.2) is 0 Å². The summed E-state index contributed by atoms with van der Waals surface area (Å²) in [7, 11) is 1.96. The zero-order valence-corrected chi connectivity index (χ0v) is 10.4. The van der Waals surface area contributed by atoms with E-state index < -0.39 is 11.9 Å². The summed E-state index contributed by atoms with van der Waals surface area (Å²) in [6, 6.07) is 0.276. The van der Waals surface area contributed by atoms with E-state index >= 15 is 0 Å². The Labute approximate surface area is 102 Å². The van der Waals surface area contributed by atoms with E-state index in [4.69, 9.17) is 5.11 Å². The molecule has 1 saturated carbocycles. The molecule has 0 radical (unpaired) electrons. The van der Waals surface area contributed by atoms with Crippen molar-refractivity contribution < 1.29 is 14.7 Å². The summed E-state index contributed by atoms with van der Waals surface area (Å²) in [5.41, 5.74) is 0. The SMILES string of the molecule is CN1CC(C(=O)O)C(=O)C2CCCCCCC21. The van der Waals surface area contributed by atoms with Crippen molar-refractivity contribution in [2.45, 2.75) is 44.6 Å². The van der Waals surface area contributed by atoms with Gasteiger partial charge in [-0.3, -0.25) is 9.59 Å². The molecule has 0 bridgehead atoms. The fraction of sp³-hybridized carbons (Fsp3) is 0.846. The normalized spacial score (nSPS) is 35.8. The van der Waals surface area contributed by atoms with Crippen molar-refractivity contribution in [2.75, 3.05) is 13.6 Å². The molecule has 96 valence electrons. The number of carbonyl (C=O) groups excluding carboxylic acids is 1. The molecule has 1 aliphatic heterocycles. The second-order valence-electron chi connectivity index (χ2n) is 5.40. The maximum Gasteiger partial charge on any atom is 0.315 e. The van der Waals surface area contributed by atoms with Gasteiger partial charge in [0.15, 0.2) is 5.78 Å². The molecular weight excluding hydrogens is 218 g/mol. The number of nitrogens with zero attached hydrogens (tertiary/aromatic N) is 1. The molecule has 1 heterocycles. The van der Waals surface area contributed by atoms with Crippen LogP contribution in [0.5, 0.6) is 0 Å². The number of rotatable bonds is 1. The van der Waals surface area contributed by atoms with Crippen LogP contribution < -0.4 is 0 Å². The van der Waals surface area contributed by atoms with Crippen LogP contribution in [-0.4, -0.2) is 41.4 Å². The lowest BCUT2D eigenvalue weighted by Gasteiger charge is -2.41. The number of carboxylic acids is 1. The number of fused-ring (bicyclic) bond motifs is 1. The van der Waals surface area contributed by atoms with E-state index in [-0.39, 0.29) is 17.7 Å². The summed E-state index contributed by atoms with van der Waals surface area (Å²) in [5.74, 6) is -1.83. The van der Waals surface area contributed by atoms with Gasteiger partial charge in [0, 0.05) is 18.5 Å². The molecule has 1 aliphatic carbocycles. The second-order valence-corrected chi connectivity index (χ2v) is 5.40. The van der Waals surface area contributed by atoms with Crippen LogP contribution in [-0.2, 0) is 9.59 Å². The number of carboxylic acid groups (broad SMARTS) is 1. The maximum absolute atomic E-state index is 12.2. The van der Waals surface area contributed by atoms with Crippen LogP contribution in [0.25, 0.3) is 0 Å². The lowest BCUT2D eigenvalue weighted by molar-refractivity contribution is -0.153. The summed E-state index contributed by atoms with van der Waals surface area (Å²) < 4.78 is 0. The summed E-state index contributed by atoms with van der Waals surface area (Å²) in [5, 5.41) is 9.10. The highest BCUT2D eigenvalue weighted by atomic mass is 16.4. The maximum atomic E-state index is 12.2. The fourth-order valence-electron chi connectivity index (χ4n) is 3.30. The van der Waals surface area contributed by atoms with Gasteiger partial charge in [0.05, 0.1) is 0 Å². The zero-order valence-electron chi connectivity index (χ0n) is 10.4. The summed E-state index contributed by atoms with van der Waals surface area (Å²) in [6.07, 6.45) is 6.56. The van der Waals surface area contributed by atoms with Gasteiger partial charge in [0.25, 0.3) is 0 Å². The van der Waals surface area contributed by atoms with E-state index in [1.54, 1.807) is 0 Å². The first-order valence-electron chi connectivity index (χ1n) is 6.58. The molecule has 1 saturated heterocycles. The van der Waals surface area contributed by atoms with Gasteiger partial charge in [-0.05, 0) is 19.9 Å². The number of piperidine rings is 1. The molecule has 3 atom stereocenters. The monoisotopic (exact) mass is 239 g/mol. The van der Waals surface area contributed by atoms with Crippen molar-refractivity contribution in [2.24, 2.45) is 11.8 Å². The molecule has 0 aromatic carbocycles. The van der Waals surface area contributed by atoms with Crippen molar-refractivity contribution >= 4 is 11.8 Å². The number of Topliss-reactive ketones (excluding diaryl/α,β-unsaturated/α-hetero) is 1. The molecule has 0 spiro atoms. The van der Waals surface area contributed by atoms with Gasteiger partial charge in [-0.2, -0.15) is 0 Å². The third-order valence-electron chi connectivity index (χ3n) is 4.27. The highest BCUT2D eigenvalue weighted by Crippen LogP contribution is 2.32. The van der Waals surface area contributed by atoms with Crippen LogP contribution >= 0.6 is 0 Å². The molecule has 4 nitrogen and oxygen atoms in total. The van der Waals surface area contributed by atoms with E-state index in [0.29, 0.717) is 6.54 Å². The Morgan fingerprint density at radius 2 is 1.88 bits per heavy atom. The van der Waals surface area contributed by atoms with Crippen LogP contribution in [0.15, 0.2) is 0 Å². The predicted octanol–water partition coefficient (Wildman–Crippen LogP) is 1.54. The first kappa shape index (κ1) is 12.6. The largest absolute Gasteiger partial charge is 0.481 e. The number of carbonyl (C=O) groups is 2. The second kappa shape index (κ2) is 5.17. The van der Waals surface area contributed by atoms with Crippen LogP contribution in [0.3, 0.4) is 0 Å². The average Bonchev–Trinajstić information content (AvgIpc) is 2.22. The van der Waals surface area contributed by atoms with Crippen molar-refractivity contribution in [1.82, 2.24) is 4.90 Å². The average molecular weight is 239 g/mol. The van der Waals surface area contributed by atoms with Gasteiger partial charge in [-0.1, -0.05) is 25.7 Å². The third kappa shape index (κ3) is 2.51. The van der Waals surface area contributed by atoms with Crippen molar-refractivity contribution in [3.63, 3.8) is 0 Å². The van der Waals surface area contributed by atoms with E-state index in [1.807, 2.05) is 7.05 Å². The van der Waals surface area contributed by atoms with Gasteiger partial charge in [0.2, 0.25) is 0 Å². The molecular formula is C13H21NO3. The van der Waals surface area contributed by atoms with E-state index in [0.717, 1.165) is 25.7 Å². The van der Waals surface area contributed by atoms with Crippen LogP contribution in [0.1, 0.15) is 38.5 Å². The zero-order chi connectivity index (χ0) is 12.4. The van der Waals surface area contributed by atoms with E-state index in [9.17, 15) is 9.59 Å². The molecule has 2 rings (SSSR count). The molecule has 0 aromatic rings. The smallest absolute Gasteiger partial charge is 0.315 e. The molecule has 2 fully saturated rings. The highest BCUT2D eigenvalue weighted by Gasteiger charge is 2.43. The Morgan fingerprint density at radius 3 is 2.53 bits per heavy atom. The number of aliphatic carboxylic acids is 1. The Hall–Kier alpha value is -0.900. The van der Waals surface area contributed by atoms with Gasteiger partial charge in [0.1, 0.15) is 5.92 Å². The number of hydrogen-bond acceptors (Lipinski definition) is 3. The van der Waals surface area contributed by atoms with Crippen molar-refractivity contribution in [3.8, 4) is 0 Å². The minimum Gasteiger partial charge on any atom is -0.481 e. The molecule has 1 N–H and O–H groups in total. The van der Waals surface area contributed by atoms with Crippen molar-refractivity contribution in [3.05, 3.63) is 0 Å².